The summed E-state index contributed by atoms with van der Waals surface area (Å²) in [6, 6.07) is 18.1. The first kappa shape index (κ1) is 28.1. The summed E-state index contributed by atoms with van der Waals surface area (Å²) in [7, 11) is 0. The predicted octanol–water partition coefficient (Wildman–Crippen LogP) is 4.91. The summed E-state index contributed by atoms with van der Waals surface area (Å²) in [5, 5.41) is 6.26. The quantitative estimate of drug-likeness (QED) is 0.468. The Hall–Kier alpha value is -2.90. The molecule has 3 amide bonds. The number of likely N-dealkylation sites (tertiary alicyclic amines) is 2. The highest BCUT2D eigenvalue weighted by atomic mass is 16.2. The first-order chi connectivity index (χ1) is 18.6. The molecule has 0 spiro atoms. The molecule has 2 aliphatic rings. The lowest BCUT2D eigenvalue weighted by atomic mass is 9.96. The van der Waals surface area contributed by atoms with Crippen LogP contribution in [-0.4, -0.2) is 85.0 Å². The highest BCUT2D eigenvalue weighted by Crippen LogP contribution is 2.27. The number of hydrogen-bond donors (Lipinski definition) is 2. The second kappa shape index (κ2) is 14.3. The highest BCUT2D eigenvalue weighted by Gasteiger charge is 2.28. The number of carbonyl (C=O) groups is 2. The number of rotatable bonds is 10. The van der Waals surface area contributed by atoms with E-state index < -0.39 is 0 Å². The van der Waals surface area contributed by atoms with Crippen LogP contribution in [0.15, 0.2) is 54.6 Å². The van der Waals surface area contributed by atoms with Crippen LogP contribution in [0, 0.1) is 5.92 Å². The van der Waals surface area contributed by atoms with Gasteiger partial charge in [0.2, 0.25) is 5.91 Å². The number of urea groups is 1. The van der Waals surface area contributed by atoms with E-state index in [4.69, 9.17) is 0 Å². The standard InChI is InChI=1S/C31H45N5O2/c1-3-36(4-2)30(37)26-14-10-19-35(24-26)21-11-20-34-22-17-27(18-23-34)32-31(38)33-29-16-9-8-15-28(29)25-12-6-5-7-13-25/h5-9,12-13,15-16,26-27H,3-4,10-11,14,17-24H2,1-2H3,(H2,32,33,38). The number of benzene rings is 2. The number of piperidine rings is 2. The van der Waals surface area contributed by atoms with Gasteiger partial charge in [0.1, 0.15) is 0 Å². The van der Waals surface area contributed by atoms with Crippen molar-refractivity contribution in [2.24, 2.45) is 5.92 Å². The van der Waals surface area contributed by atoms with E-state index in [1.54, 1.807) is 0 Å². The number of amides is 3. The molecule has 0 aromatic heterocycles. The smallest absolute Gasteiger partial charge is 0.319 e. The number of para-hydroxylation sites is 1. The van der Waals surface area contributed by atoms with Crippen molar-refractivity contribution in [2.75, 3.05) is 57.7 Å². The van der Waals surface area contributed by atoms with Crippen LogP contribution >= 0.6 is 0 Å². The van der Waals surface area contributed by atoms with Gasteiger partial charge in [-0.15, -0.1) is 0 Å². The first-order valence-electron chi connectivity index (χ1n) is 14.5. The highest BCUT2D eigenvalue weighted by molar-refractivity contribution is 5.94. The molecule has 7 heteroatoms. The van der Waals surface area contributed by atoms with Crippen LogP contribution in [0.1, 0.15) is 46.0 Å². The minimum atomic E-state index is -0.134. The lowest BCUT2D eigenvalue weighted by Crippen LogP contribution is -2.47. The predicted molar refractivity (Wildman–Crippen MR) is 155 cm³/mol. The number of anilines is 1. The lowest BCUT2D eigenvalue weighted by Gasteiger charge is -2.36. The molecule has 0 radical (unpaired) electrons. The molecule has 0 saturated carbocycles. The summed E-state index contributed by atoms with van der Waals surface area (Å²) < 4.78 is 0. The van der Waals surface area contributed by atoms with Gasteiger partial charge in [0.15, 0.2) is 0 Å². The maximum atomic E-state index is 12.8. The fourth-order valence-corrected chi connectivity index (χ4v) is 5.88. The SMILES string of the molecule is CCN(CC)C(=O)C1CCCN(CCCN2CCC(NC(=O)Nc3ccccc3-c3ccccc3)CC2)C1. The molecule has 4 rings (SSSR count). The van der Waals surface area contributed by atoms with Gasteiger partial charge in [0, 0.05) is 44.3 Å². The summed E-state index contributed by atoms with van der Waals surface area (Å²) in [6.07, 6.45) is 5.21. The van der Waals surface area contributed by atoms with Crippen molar-refractivity contribution in [1.29, 1.82) is 0 Å². The molecule has 2 saturated heterocycles. The second-order valence-corrected chi connectivity index (χ2v) is 10.6. The van der Waals surface area contributed by atoms with Gasteiger partial charge in [-0.1, -0.05) is 48.5 Å². The Bertz CT molecular complexity index is 1020. The van der Waals surface area contributed by atoms with Crippen LogP contribution in [0.4, 0.5) is 10.5 Å². The molecule has 2 N–H and O–H groups in total. The van der Waals surface area contributed by atoms with Crippen LogP contribution in [-0.2, 0) is 4.79 Å². The Kier molecular flexibility index (Phi) is 10.6. The average Bonchev–Trinajstić information content (AvgIpc) is 2.95. The van der Waals surface area contributed by atoms with Gasteiger partial charge in [-0.25, -0.2) is 4.79 Å². The van der Waals surface area contributed by atoms with Gasteiger partial charge in [-0.3, -0.25) is 4.79 Å². The number of nitrogens with zero attached hydrogens (tertiary/aromatic N) is 3. The van der Waals surface area contributed by atoms with Gasteiger partial charge < -0.3 is 25.3 Å². The van der Waals surface area contributed by atoms with E-state index in [2.05, 4.69) is 46.4 Å². The second-order valence-electron chi connectivity index (χ2n) is 10.6. The molecule has 2 aromatic carbocycles. The molecule has 1 atom stereocenters. The number of hydrogen-bond acceptors (Lipinski definition) is 4. The Balaban J connectivity index is 1.15. The van der Waals surface area contributed by atoms with Gasteiger partial charge in [0.25, 0.3) is 0 Å². The van der Waals surface area contributed by atoms with Crippen LogP contribution in [0.25, 0.3) is 11.1 Å². The van der Waals surface area contributed by atoms with Crippen molar-refractivity contribution in [3.63, 3.8) is 0 Å². The Morgan fingerprint density at radius 2 is 1.55 bits per heavy atom. The molecule has 38 heavy (non-hydrogen) atoms. The minimum absolute atomic E-state index is 0.134. The Morgan fingerprint density at radius 3 is 2.29 bits per heavy atom. The number of carbonyl (C=O) groups excluding carboxylic acids is 2. The molecular formula is C31H45N5O2. The van der Waals surface area contributed by atoms with Crippen molar-refractivity contribution in [2.45, 2.75) is 52.0 Å². The fraction of sp³-hybridized carbons (Fsp3) is 0.548. The van der Waals surface area contributed by atoms with Crippen LogP contribution in [0.5, 0.6) is 0 Å². The average molecular weight is 520 g/mol. The van der Waals surface area contributed by atoms with Crippen molar-refractivity contribution >= 4 is 17.6 Å². The van der Waals surface area contributed by atoms with E-state index in [1.807, 2.05) is 47.4 Å². The summed E-state index contributed by atoms with van der Waals surface area (Å²) in [5.41, 5.74) is 2.94. The maximum Gasteiger partial charge on any atom is 0.319 e. The van der Waals surface area contributed by atoms with Gasteiger partial charge in [0.05, 0.1) is 11.6 Å². The normalized spacial score (nSPS) is 19.2. The zero-order chi connectivity index (χ0) is 26.7. The molecule has 2 heterocycles. The lowest BCUT2D eigenvalue weighted by molar-refractivity contribution is -0.137. The molecule has 1 unspecified atom stereocenters. The molecule has 7 nitrogen and oxygen atoms in total. The van der Waals surface area contributed by atoms with E-state index >= 15 is 0 Å². The molecular weight excluding hydrogens is 474 g/mol. The summed E-state index contributed by atoms with van der Waals surface area (Å²) in [6.45, 7) is 11.9. The maximum absolute atomic E-state index is 12.8. The van der Waals surface area contributed by atoms with Crippen molar-refractivity contribution in [3.8, 4) is 11.1 Å². The van der Waals surface area contributed by atoms with Crippen LogP contribution in [0.2, 0.25) is 0 Å². The van der Waals surface area contributed by atoms with Crippen molar-refractivity contribution < 1.29 is 9.59 Å². The van der Waals surface area contributed by atoms with Crippen LogP contribution < -0.4 is 10.6 Å². The van der Waals surface area contributed by atoms with E-state index in [1.165, 1.54) is 0 Å². The molecule has 0 aliphatic carbocycles. The van der Waals surface area contributed by atoms with E-state index in [-0.39, 0.29) is 18.0 Å². The summed E-state index contributed by atoms with van der Waals surface area (Å²) >= 11 is 0. The molecule has 2 fully saturated rings. The first-order valence-corrected chi connectivity index (χ1v) is 14.5. The minimum Gasteiger partial charge on any atom is -0.343 e. The largest absolute Gasteiger partial charge is 0.343 e. The third-order valence-electron chi connectivity index (χ3n) is 8.06. The van der Waals surface area contributed by atoms with E-state index in [0.29, 0.717) is 5.91 Å². The van der Waals surface area contributed by atoms with E-state index in [9.17, 15) is 9.59 Å². The zero-order valence-corrected chi connectivity index (χ0v) is 23.2. The van der Waals surface area contributed by atoms with Crippen molar-refractivity contribution in [3.05, 3.63) is 54.6 Å². The Morgan fingerprint density at radius 1 is 0.868 bits per heavy atom. The van der Waals surface area contributed by atoms with E-state index in [0.717, 1.165) is 101 Å². The van der Waals surface area contributed by atoms with Gasteiger partial charge in [-0.2, -0.15) is 0 Å². The third kappa shape index (κ3) is 7.81. The molecule has 206 valence electrons. The third-order valence-corrected chi connectivity index (χ3v) is 8.06. The topological polar surface area (TPSA) is 67.9 Å². The summed E-state index contributed by atoms with van der Waals surface area (Å²) in [5.74, 6) is 0.498. The fourth-order valence-electron chi connectivity index (χ4n) is 5.88. The number of nitrogens with one attached hydrogen (secondary N) is 2. The summed E-state index contributed by atoms with van der Waals surface area (Å²) in [4.78, 5) is 32.5. The molecule has 2 aromatic rings. The molecule has 0 bridgehead atoms. The zero-order valence-electron chi connectivity index (χ0n) is 23.2. The Labute approximate surface area is 228 Å². The van der Waals surface area contributed by atoms with Gasteiger partial charge in [-0.05, 0) is 77.2 Å². The van der Waals surface area contributed by atoms with Gasteiger partial charge >= 0.3 is 6.03 Å². The van der Waals surface area contributed by atoms with Crippen LogP contribution in [0.3, 0.4) is 0 Å². The molecule has 2 aliphatic heterocycles. The monoisotopic (exact) mass is 519 g/mol. The van der Waals surface area contributed by atoms with Crippen molar-refractivity contribution in [1.82, 2.24) is 20.0 Å².